The molecule has 138 valence electrons. The van der Waals surface area contributed by atoms with E-state index < -0.39 is 16.9 Å². The van der Waals surface area contributed by atoms with Crippen molar-refractivity contribution in [3.63, 3.8) is 0 Å². The highest BCUT2D eigenvalue weighted by molar-refractivity contribution is 5.81. The van der Waals surface area contributed by atoms with E-state index in [0.717, 1.165) is 11.1 Å². The Bertz CT molecular complexity index is 669. The Balaban J connectivity index is 1.96. The lowest BCUT2D eigenvalue weighted by Gasteiger charge is -2.50. The Hall–Kier alpha value is -2.01. The monoisotopic (exact) mass is 354 g/mol. The zero-order valence-corrected chi connectivity index (χ0v) is 14.8. The van der Waals surface area contributed by atoms with Crippen molar-refractivity contribution in [3.8, 4) is 0 Å². The number of rotatable bonds is 6. The smallest absolute Gasteiger partial charge is 0.134 e. The van der Waals surface area contributed by atoms with Gasteiger partial charge in [0, 0.05) is 23.7 Å². The number of hydrogen-bond donors (Lipinski definition) is 3. The lowest BCUT2D eigenvalue weighted by atomic mass is 9.56. The van der Waals surface area contributed by atoms with Crippen LogP contribution in [0.25, 0.3) is 0 Å². The van der Waals surface area contributed by atoms with Gasteiger partial charge in [0.25, 0.3) is 0 Å². The Labute approximate surface area is 154 Å². The second-order valence-electron chi connectivity index (χ2n) is 7.66. The molecule has 0 aromatic heterocycles. The molecule has 2 aromatic carbocycles. The molecule has 3 N–H and O–H groups in total. The van der Waals surface area contributed by atoms with Crippen molar-refractivity contribution in [2.24, 2.45) is 10.8 Å². The molecule has 26 heavy (non-hydrogen) atoms. The van der Waals surface area contributed by atoms with E-state index in [1.807, 2.05) is 60.7 Å². The van der Waals surface area contributed by atoms with Crippen molar-refractivity contribution in [2.75, 3.05) is 13.2 Å². The summed E-state index contributed by atoms with van der Waals surface area (Å²) < 4.78 is 0. The van der Waals surface area contributed by atoms with Crippen LogP contribution in [0.15, 0.2) is 60.7 Å². The highest BCUT2D eigenvalue weighted by Crippen LogP contribution is 2.48. The predicted molar refractivity (Wildman–Crippen MR) is 99.6 cm³/mol. The van der Waals surface area contributed by atoms with Crippen LogP contribution in [0.4, 0.5) is 0 Å². The molecule has 0 radical (unpaired) electrons. The highest BCUT2D eigenvalue weighted by Gasteiger charge is 2.55. The van der Waals surface area contributed by atoms with Gasteiger partial charge in [-0.05, 0) is 24.0 Å². The van der Waals surface area contributed by atoms with Crippen molar-refractivity contribution in [2.45, 2.75) is 31.8 Å². The summed E-state index contributed by atoms with van der Waals surface area (Å²) in [6.45, 7) is -0.601. The number of Topliss-reactive ketones (excluding diaryl/α,β-unsaturated/α-hetero) is 1. The average Bonchev–Trinajstić information content (AvgIpc) is 2.67. The molecular weight excluding hydrogens is 328 g/mol. The summed E-state index contributed by atoms with van der Waals surface area (Å²) in [5.74, 6) is -0.0229. The summed E-state index contributed by atoms with van der Waals surface area (Å²) in [4.78, 5) is 12.6. The lowest BCUT2D eigenvalue weighted by molar-refractivity contribution is -0.163. The van der Waals surface area contributed by atoms with Crippen LogP contribution in [0.5, 0.6) is 0 Å². The first-order valence-electron chi connectivity index (χ1n) is 9.03. The second kappa shape index (κ2) is 7.70. The number of benzene rings is 2. The molecule has 0 aliphatic heterocycles. The SMILES string of the molecule is O=C1C[C@](CO)(Cc2ccccc2)C(O)[C@@](CO)(Cc2ccccc2)C1. The van der Waals surface area contributed by atoms with Crippen LogP contribution in [0.1, 0.15) is 24.0 Å². The lowest BCUT2D eigenvalue weighted by Crippen LogP contribution is -2.58. The summed E-state index contributed by atoms with van der Waals surface area (Å²) in [6.07, 6.45) is 0.0523. The van der Waals surface area contributed by atoms with Crippen molar-refractivity contribution in [1.82, 2.24) is 0 Å². The van der Waals surface area contributed by atoms with Gasteiger partial charge >= 0.3 is 0 Å². The van der Waals surface area contributed by atoms with Crippen molar-refractivity contribution >= 4 is 5.78 Å². The fourth-order valence-electron chi connectivity index (χ4n) is 4.41. The molecule has 1 aliphatic carbocycles. The fourth-order valence-corrected chi connectivity index (χ4v) is 4.41. The number of aliphatic hydroxyl groups excluding tert-OH is 3. The van der Waals surface area contributed by atoms with Gasteiger partial charge in [0.05, 0.1) is 19.3 Å². The van der Waals surface area contributed by atoms with Crippen LogP contribution >= 0.6 is 0 Å². The van der Waals surface area contributed by atoms with Gasteiger partial charge in [-0.2, -0.15) is 0 Å². The van der Waals surface area contributed by atoms with E-state index >= 15 is 0 Å². The largest absolute Gasteiger partial charge is 0.396 e. The minimum atomic E-state index is -0.983. The summed E-state index contributed by atoms with van der Waals surface area (Å²) >= 11 is 0. The van der Waals surface area contributed by atoms with Crippen LogP contribution in [-0.2, 0) is 17.6 Å². The quantitative estimate of drug-likeness (QED) is 0.743. The zero-order valence-electron chi connectivity index (χ0n) is 14.8. The van der Waals surface area contributed by atoms with Gasteiger partial charge in [0.2, 0.25) is 0 Å². The van der Waals surface area contributed by atoms with Crippen LogP contribution in [-0.4, -0.2) is 40.4 Å². The second-order valence-corrected chi connectivity index (χ2v) is 7.66. The van der Waals surface area contributed by atoms with E-state index in [1.165, 1.54) is 0 Å². The summed E-state index contributed by atoms with van der Waals surface area (Å²) in [7, 11) is 0. The average molecular weight is 354 g/mol. The van der Waals surface area contributed by atoms with Crippen LogP contribution in [0.3, 0.4) is 0 Å². The molecule has 2 atom stereocenters. The van der Waals surface area contributed by atoms with E-state index in [0.29, 0.717) is 12.8 Å². The normalized spacial score (nSPS) is 26.8. The van der Waals surface area contributed by atoms with E-state index in [4.69, 9.17) is 0 Å². The number of carbonyl (C=O) groups is 1. The van der Waals surface area contributed by atoms with Crippen LogP contribution in [0.2, 0.25) is 0 Å². The molecule has 0 heterocycles. The molecule has 0 amide bonds. The molecule has 0 bridgehead atoms. The molecule has 2 aromatic rings. The number of aliphatic hydroxyl groups is 3. The number of ketones is 1. The van der Waals surface area contributed by atoms with E-state index in [-0.39, 0.29) is 31.8 Å². The van der Waals surface area contributed by atoms with Crippen LogP contribution in [0, 0.1) is 10.8 Å². The van der Waals surface area contributed by atoms with E-state index in [2.05, 4.69) is 0 Å². The predicted octanol–water partition coefficient (Wildman–Crippen LogP) is 2.15. The van der Waals surface area contributed by atoms with Gasteiger partial charge in [-0.3, -0.25) is 4.79 Å². The molecule has 4 heteroatoms. The first-order chi connectivity index (χ1) is 12.5. The maximum atomic E-state index is 12.6. The Kier molecular flexibility index (Phi) is 5.56. The third-order valence-corrected chi connectivity index (χ3v) is 5.69. The van der Waals surface area contributed by atoms with Crippen LogP contribution < -0.4 is 0 Å². The van der Waals surface area contributed by atoms with Crippen molar-refractivity contribution < 1.29 is 20.1 Å². The van der Waals surface area contributed by atoms with Crippen molar-refractivity contribution in [1.29, 1.82) is 0 Å². The molecule has 0 unspecified atom stereocenters. The molecule has 1 saturated carbocycles. The summed E-state index contributed by atoms with van der Waals surface area (Å²) in [6, 6.07) is 19.2. The van der Waals surface area contributed by atoms with Gasteiger partial charge < -0.3 is 15.3 Å². The van der Waals surface area contributed by atoms with E-state index in [1.54, 1.807) is 0 Å². The zero-order chi connectivity index (χ0) is 18.6. The van der Waals surface area contributed by atoms with E-state index in [9.17, 15) is 20.1 Å². The minimum Gasteiger partial charge on any atom is -0.396 e. The minimum absolute atomic E-state index is 0.0229. The first-order valence-corrected chi connectivity index (χ1v) is 9.03. The molecule has 0 saturated heterocycles. The van der Waals surface area contributed by atoms with Crippen molar-refractivity contribution in [3.05, 3.63) is 71.8 Å². The first kappa shape index (κ1) is 18.8. The maximum absolute atomic E-state index is 12.6. The van der Waals surface area contributed by atoms with Gasteiger partial charge in [-0.15, -0.1) is 0 Å². The topological polar surface area (TPSA) is 77.8 Å². The Morgan fingerprint density at radius 3 is 1.50 bits per heavy atom. The molecule has 1 aliphatic rings. The maximum Gasteiger partial charge on any atom is 0.134 e. The molecule has 0 spiro atoms. The van der Waals surface area contributed by atoms with Gasteiger partial charge in [-0.25, -0.2) is 0 Å². The Morgan fingerprint density at radius 1 is 0.769 bits per heavy atom. The van der Waals surface area contributed by atoms with Gasteiger partial charge in [0.15, 0.2) is 0 Å². The number of carbonyl (C=O) groups excluding carboxylic acids is 1. The molecule has 1 fully saturated rings. The summed E-state index contributed by atoms with van der Waals surface area (Å²) in [5.41, 5.74) is -0.0359. The Morgan fingerprint density at radius 2 is 1.15 bits per heavy atom. The summed E-state index contributed by atoms with van der Waals surface area (Å²) in [5, 5.41) is 31.7. The highest BCUT2D eigenvalue weighted by atomic mass is 16.3. The fraction of sp³-hybridized carbons (Fsp3) is 0.409. The molecular formula is C22H26O4. The standard InChI is InChI=1S/C22H26O4/c23-15-21(11-17-7-3-1-4-8-17)13-19(25)14-22(16-24,20(21)26)12-18-9-5-2-6-10-18/h1-10,20,23-24,26H,11-16H2/t21-,22-/m0/s1. The van der Waals surface area contributed by atoms with Gasteiger partial charge in [-0.1, -0.05) is 60.7 Å². The third-order valence-electron chi connectivity index (χ3n) is 5.69. The third kappa shape index (κ3) is 3.58. The molecule has 3 rings (SSSR count). The number of hydrogen-bond acceptors (Lipinski definition) is 4. The molecule has 4 nitrogen and oxygen atoms in total. The van der Waals surface area contributed by atoms with Gasteiger partial charge in [0.1, 0.15) is 5.78 Å².